The second-order valence-corrected chi connectivity index (χ2v) is 8.42. The van der Waals surface area contributed by atoms with Gasteiger partial charge in [-0.05, 0) is 62.1 Å². The van der Waals surface area contributed by atoms with Gasteiger partial charge in [-0.3, -0.25) is 0 Å². The van der Waals surface area contributed by atoms with Crippen LogP contribution in [0.5, 0.6) is 0 Å². The molecular weight excluding hydrogens is 352 g/mol. The Labute approximate surface area is 165 Å². The molecule has 1 heterocycles. The first kappa shape index (κ1) is 18.8. The Kier molecular flexibility index (Phi) is 5.49. The number of benzene rings is 1. The van der Waals surface area contributed by atoms with Crippen molar-refractivity contribution in [3.63, 3.8) is 0 Å². The Morgan fingerprint density at radius 1 is 1.29 bits per heavy atom. The van der Waals surface area contributed by atoms with Gasteiger partial charge in [0.1, 0.15) is 0 Å². The van der Waals surface area contributed by atoms with E-state index >= 15 is 0 Å². The fraction of sp³-hybridized carbons (Fsp3) is 0.545. The molecular formula is C22H28N4O2. The molecule has 0 aliphatic heterocycles. The summed E-state index contributed by atoms with van der Waals surface area (Å²) in [5.74, 6) is 0.913. The van der Waals surface area contributed by atoms with Crippen LogP contribution in [0.4, 0.5) is 4.79 Å². The summed E-state index contributed by atoms with van der Waals surface area (Å²) in [6.45, 7) is 3.37. The maximum Gasteiger partial charge on any atom is 0.315 e. The molecule has 148 valence electrons. The summed E-state index contributed by atoms with van der Waals surface area (Å²) in [6.07, 6.45) is 7.75. The number of amides is 2. The second kappa shape index (κ2) is 8.19. The molecule has 0 spiro atoms. The van der Waals surface area contributed by atoms with E-state index in [4.69, 9.17) is 0 Å². The van der Waals surface area contributed by atoms with Crippen molar-refractivity contribution in [2.75, 3.05) is 13.1 Å². The zero-order chi connectivity index (χ0) is 19.5. The number of aryl methyl sites for hydroxylation is 1. The number of urea groups is 1. The molecule has 2 aliphatic rings. The van der Waals surface area contributed by atoms with Crippen LogP contribution in [0.25, 0.3) is 10.9 Å². The van der Waals surface area contributed by atoms with Crippen molar-refractivity contribution in [2.24, 2.45) is 16.8 Å². The van der Waals surface area contributed by atoms with Gasteiger partial charge in [0.05, 0.1) is 6.54 Å². The number of aromatic nitrogens is 1. The highest BCUT2D eigenvalue weighted by atomic mass is 16.2. The topological polar surface area (TPSA) is 86.3 Å². The average Bonchev–Trinajstić information content (AvgIpc) is 3.22. The SMILES string of the molecule is Cc1ccc2[nH]c3c(c2c1)CC(NC(=O)NCC1CCCC(CN=C=O)C1)C3. The number of rotatable bonds is 5. The maximum absolute atomic E-state index is 12.4. The van der Waals surface area contributed by atoms with E-state index in [0.29, 0.717) is 24.9 Å². The number of hydrogen-bond acceptors (Lipinski definition) is 3. The largest absolute Gasteiger partial charge is 0.358 e. The van der Waals surface area contributed by atoms with Gasteiger partial charge in [-0.2, -0.15) is 0 Å². The molecule has 2 amide bonds. The van der Waals surface area contributed by atoms with E-state index in [2.05, 4.69) is 45.7 Å². The Morgan fingerprint density at radius 2 is 2.14 bits per heavy atom. The zero-order valence-electron chi connectivity index (χ0n) is 16.4. The molecule has 4 rings (SSSR count). The van der Waals surface area contributed by atoms with Gasteiger partial charge in [0.15, 0.2) is 0 Å². The lowest BCUT2D eigenvalue weighted by molar-refractivity contribution is 0.226. The number of aromatic amines is 1. The van der Waals surface area contributed by atoms with E-state index in [1.165, 1.54) is 27.7 Å². The first-order valence-electron chi connectivity index (χ1n) is 10.3. The van der Waals surface area contributed by atoms with Gasteiger partial charge in [0, 0.05) is 35.6 Å². The Balaban J connectivity index is 1.26. The highest BCUT2D eigenvalue weighted by Gasteiger charge is 2.27. The van der Waals surface area contributed by atoms with Gasteiger partial charge in [-0.1, -0.05) is 18.1 Å². The molecule has 3 unspecified atom stereocenters. The van der Waals surface area contributed by atoms with Crippen molar-refractivity contribution >= 4 is 23.0 Å². The molecule has 6 heteroatoms. The molecule has 3 N–H and O–H groups in total. The van der Waals surface area contributed by atoms with Crippen LogP contribution in [0.1, 0.15) is 42.5 Å². The minimum absolute atomic E-state index is 0.0799. The fourth-order valence-corrected chi connectivity index (χ4v) is 4.89. The number of carbonyl (C=O) groups excluding carboxylic acids is 2. The Morgan fingerprint density at radius 3 is 3.00 bits per heavy atom. The summed E-state index contributed by atoms with van der Waals surface area (Å²) in [7, 11) is 0. The summed E-state index contributed by atoms with van der Waals surface area (Å²) in [6, 6.07) is 6.55. The van der Waals surface area contributed by atoms with E-state index in [9.17, 15) is 9.59 Å². The lowest BCUT2D eigenvalue weighted by Gasteiger charge is -2.28. The smallest absolute Gasteiger partial charge is 0.315 e. The summed E-state index contributed by atoms with van der Waals surface area (Å²) < 4.78 is 0. The molecule has 1 fully saturated rings. The minimum Gasteiger partial charge on any atom is -0.358 e. The number of nitrogens with zero attached hydrogens (tertiary/aromatic N) is 1. The molecule has 6 nitrogen and oxygen atoms in total. The summed E-state index contributed by atoms with van der Waals surface area (Å²) in [5.41, 5.74) is 5.03. The molecule has 2 aromatic rings. The van der Waals surface area contributed by atoms with E-state index in [-0.39, 0.29) is 12.1 Å². The van der Waals surface area contributed by atoms with Crippen LogP contribution >= 0.6 is 0 Å². The minimum atomic E-state index is -0.0799. The van der Waals surface area contributed by atoms with Crippen LogP contribution in [0.15, 0.2) is 23.2 Å². The molecule has 1 aromatic heterocycles. The number of hydrogen-bond donors (Lipinski definition) is 3. The van der Waals surface area contributed by atoms with E-state index in [1.807, 2.05) is 0 Å². The number of fused-ring (bicyclic) bond motifs is 3. The Bertz CT molecular complexity index is 913. The van der Waals surface area contributed by atoms with Crippen LogP contribution in [-0.2, 0) is 17.6 Å². The number of H-pyrrole nitrogens is 1. The molecule has 1 saturated carbocycles. The second-order valence-electron chi connectivity index (χ2n) is 8.42. The summed E-state index contributed by atoms with van der Waals surface area (Å²) in [4.78, 5) is 29.9. The van der Waals surface area contributed by atoms with Gasteiger partial charge in [-0.15, -0.1) is 0 Å². The van der Waals surface area contributed by atoms with Gasteiger partial charge in [0.2, 0.25) is 6.08 Å². The third-order valence-electron chi connectivity index (χ3n) is 6.24. The van der Waals surface area contributed by atoms with E-state index in [1.54, 1.807) is 6.08 Å². The predicted octanol–water partition coefficient (Wildman–Crippen LogP) is 3.38. The third kappa shape index (κ3) is 4.12. The van der Waals surface area contributed by atoms with Crippen LogP contribution in [0.2, 0.25) is 0 Å². The van der Waals surface area contributed by atoms with Crippen LogP contribution < -0.4 is 10.6 Å². The van der Waals surface area contributed by atoms with E-state index < -0.39 is 0 Å². The average molecular weight is 380 g/mol. The number of aliphatic imine (C=N–C) groups is 1. The third-order valence-corrected chi connectivity index (χ3v) is 6.24. The molecule has 3 atom stereocenters. The lowest BCUT2D eigenvalue weighted by Crippen LogP contribution is -2.44. The van der Waals surface area contributed by atoms with Crippen molar-refractivity contribution < 1.29 is 9.59 Å². The highest BCUT2D eigenvalue weighted by Crippen LogP contribution is 2.31. The molecule has 1 aromatic carbocycles. The van der Waals surface area contributed by atoms with Gasteiger partial charge >= 0.3 is 6.03 Å². The van der Waals surface area contributed by atoms with Gasteiger partial charge in [0.25, 0.3) is 0 Å². The number of nitrogens with one attached hydrogen (secondary N) is 3. The highest BCUT2D eigenvalue weighted by molar-refractivity contribution is 5.86. The molecule has 2 aliphatic carbocycles. The van der Waals surface area contributed by atoms with Crippen molar-refractivity contribution in [3.8, 4) is 0 Å². The van der Waals surface area contributed by atoms with Crippen LogP contribution in [0, 0.1) is 18.8 Å². The Hall–Kier alpha value is -2.59. The van der Waals surface area contributed by atoms with E-state index in [0.717, 1.165) is 38.5 Å². The zero-order valence-corrected chi connectivity index (χ0v) is 16.4. The van der Waals surface area contributed by atoms with Gasteiger partial charge < -0.3 is 15.6 Å². The van der Waals surface area contributed by atoms with Crippen LogP contribution in [-0.4, -0.2) is 36.2 Å². The fourth-order valence-electron chi connectivity index (χ4n) is 4.89. The lowest BCUT2D eigenvalue weighted by atomic mass is 9.81. The quantitative estimate of drug-likeness (QED) is 0.549. The monoisotopic (exact) mass is 380 g/mol. The first-order chi connectivity index (χ1) is 13.6. The van der Waals surface area contributed by atoms with Crippen molar-refractivity contribution in [3.05, 3.63) is 35.0 Å². The first-order valence-corrected chi connectivity index (χ1v) is 10.3. The standard InChI is InChI=1S/C22H28N4O2/c1-14-5-6-20-18(7-14)19-9-17(10-21(19)26-20)25-22(28)24-12-16-4-2-3-15(8-16)11-23-13-27/h5-7,15-17,26H,2-4,8-12H2,1H3,(H2,24,25,28). The summed E-state index contributed by atoms with van der Waals surface area (Å²) >= 11 is 0. The van der Waals surface area contributed by atoms with Crippen molar-refractivity contribution in [1.29, 1.82) is 0 Å². The molecule has 28 heavy (non-hydrogen) atoms. The summed E-state index contributed by atoms with van der Waals surface area (Å²) in [5, 5.41) is 7.47. The number of isocyanates is 1. The molecule has 0 bridgehead atoms. The van der Waals surface area contributed by atoms with Crippen molar-refractivity contribution in [1.82, 2.24) is 15.6 Å². The van der Waals surface area contributed by atoms with Crippen LogP contribution in [0.3, 0.4) is 0 Å². The molecule has 0 saturated heterocycles. The molecule has 0 radical (unpaired) electrons. The van der Waals surface area contributed by atoms with Crippen molar-refractivity contribution in [2.45, 2.75) is 51.5 Å². The van der Waals surface area contributed by atoms with Gasteiger partial charge in [-0.25, -0.2) is 14.6 Å². The predicted molar refractivity (Wildman–Crippen MR) is 109 cm³/mol. The maximum atomic E-state index is 12.4. The number of carbonyl (C=O) groups is 1. The normalized spacial score (nSPS) is 23.8.